The van der Waals surface area contributed by atoms with Gasteiger partial charge in [0.25, 0.3) is 0 Å². The Balaban J connectivity index is 3.32. The summed E-state index contributed by atoms with van der Waals surface area (Å²) in [6.45, 7) is 1.61. The van der Waals surface area contributed by atoms with Gasteiger partial charge in [0.15, 0.2) is 0 Å². The molecule has 166 valence electrons. The van der Waals surface area contributed by atoms with E-state index in [-0.39, 0.29) is 12.6 Å². The SMILES string of the molecule is CCCCCCCCCCCCCCCCCC(=O)OC(CO)COB(O)O. The summed E-state index contributed by atoms with van der Waals surface area (Å²) in [5, 5.41) is 26.3. The Morgan fingerprint density at radius 2 is 1.21 bits per heavy atom. The molecule has 0 saturated heterocycles. The van der Waals surface area contributed by atoms with Gasteiger partial charge in [-0.25, -0.2) is 0 Å². The zero-order valence-electron chi connectivity index (χ0n) is 17.9. The van der Waals surface area contributed by atoms with E-state index < -0.39 is 20.0 Å². The Labute approximate surface area is 172 Å². The van der Waals surface area contributed by atoms with Crippen LogP contribution in [0.2, 0.25) is 0 Å². The standard InChI is InChI=1S/C21H43BO6/c1-2-3-4-5-6-7-8-9-10-11-12-13-14-15-16-17-21(24)28-20(18-23)19-27-22(25)26/h20,23,25-26H,2-19H2,1H3. The van der Waals surface area contributed by atoms with E-state index in [2.05, 4.69) is 11.6 Å². The molecule has 0 spiro atoms. The van der Waals surface area contributed by atoms with Gasteiger partial charge in [-0.2, -0.15) is 0 Å². The number of aliphatic hydroxyl groups excluding tert-OH is 1. The monoisotopic (exact) mass is 402 g/mol. The van der Waals surface area contributed by atoms with Crippen LogP contribution in [0.15, 0.2) is 0 Å². The third-order valence-electron chi connectivity index (χ3n) is 4.92. The number of rotatable bonds is 21. The number of carbonyl (C=O) groups is 1. The minimum absolute atomic E-state index is 0.237. The van der Waals surface area contributed by atoms with E-state index in [0.29, 0.717) is 6.42 Å². The molecule has 0 aliphatic heterocycles. The summed E-state index contributed by atoms with van der Waals surface area (Å²) in [7, 11) is -1.93. The van der Waals surface area contributed by atoms with Gasteiger partial charge < -0.3 is 24.5 Å². The molecule has 0 aromatic carbocycles. The molecule has 0 amide bonds. The van der Waals surface area contributed by atoms with Crippen molar-refractivity contribution in [3.63, 3.8) is 0 Å². The number of aliphatic hydroxyl groups is 1. The number of unbranched alkanes of at least 4 members (excludes halogenated alkanes) is 14. The van der Waals surface area contributed by atoms with Gasteiger partial charge in [0, 0.05) is 6.42 Å². The van der Waals surface area contributed by atoms with Crippen LogP contribution in [0, 0.1) is 0 Å². The van der Waals surface area contributed by atoms with Crippen molar-refractivity contribution in [3.8, 4) is 0 Å². The largest absolute Gasteiger partial charge is 0.634 e. The predicted octanol–water partition coefficient (Wildman–Crippen LogP) is 4.14. The fourth-order valence-electron chi connectivity index (χ4n) is 3.20. The Kier molecular flexibility index (Phi) is 20.6. The maximum absolute atomic E-state index is 11.7. The normalized spacial score (nSPS) is 12.1. The van der Waals surface area contributed by atoms with Crippen LogP contribution in [0.4, 0.5) is 0 Å². The van der Waals surface area contributed by atoms with Gasteiger partial charge in [-0.3, -0.25) is 4.79 Å². The van der Waals surface area contributed by atoms with Crippen LogP contribution in [-0.4, -0.2) is 47.8 Å². The molecule has 0 aliphatic rings. The average molecular weight is 402 g/mol. The molecule has 0 radical (unpaired) electrons. The van der Waals surface area contributed by atoms with Crippen LogP contribution in [0.3, 0.4) is 0 Å². The van der Waals surface area contributed by atoms with E-state index in [1.165, 1.54) is 77.0 Å². The molecule has 0 aromatic rings. The van der Waals surface area contributed by atoms with Crippen LogP contribution < -0.4 is 0 Å². The third kappa shape index (κ3) is 20.1. The predicted molar refractivity (Wildman–Crippen MR) is 113 cm³/mol. The van der Waals surface area contributed by atoms with Gasteiger partial charge >= 0.3 is 13.3 Å². The van der Waals surface area contributed by atoms with Crippen LogP contribution in [0.5, 0.6) is 0 Å². The maximum atomic E-state index is 11.7. The molecule has 1 unspecified atom stereocenters. The van der Waals surface area contributed by atoms with Crippen molar-refractivity contribution < 1.29 is 29.3 Å². The van der Waals surface area contributed by atoms with Crippen LogP contribution >= 0.6 is 0 Å². The molecule has 0 rings (SSSR count). The molecule has 7 heteroatoms. The summed E-state index contributed by atoms with van der Waals surface area (Å²) >= 11 is 0. The summed E-state index contributed by atoms with van der Waals surface area (Å²) in [6, 6.07) is 0. The highest BCUT2D eigenvalue weighted by Gasteiger charge is 2.17. The zero-order chi connectivity index (χ0) is 20.9. The van der Waals surface area contributed by atoms with Crippen LogP contribution in [0.1, 0.15) is 110 Å². The topological polar surface area (TPSA) is 96.2 Å². The first kappa shape index (κ1) is 27.4. The lowest BCUT2D eigenvalue weighted by atomic mass is 10.0. The molecule has 0 aromatic heterocycles. The number of esters is 1. The lowest BCUT2D eigenvalue weighted by Gasteiger charge is -2.15. The summed E-state index contributed by atoms with van der Waals surface area (Å²) in [6.07, 6.45) is 18.6. The smallest absolute Gasteiger partial charge is 0.458 e. The molecule has 28 heavy (non-hydrogen) atoms. The number of hydrogen-bond acceptors (Lipinski definition) is 6. The van der Waals surface area contributed by atoms with E-state index in [9.17, 15) is 4.79 Å². The molecule has 1 atom stereocenters. The summed E-state index contributed by atoms with van der Waals surface area (Å²) in [5.74, 6) is -0.384. The van der Waals surface area contributed by atoms with Crippen molar-refractivity contribution in [2.45, 2.75) is 116 Å². The average Bonchev–Trinajstić information content (AvgIpc) is 2.68. The minimum Gasteiger partial charge on any atom is -0.458 e. The van der Waals surface area contributed by atoms with Crippen LogP contribution in [0.25, 0.3) is 0 Å². The highest BCUT2D eigenvalue weighted by Crippen LogP contribution is 2.14. The van der Waals surface area contributed by atoms with E-state index in [0.717, 1.165) is 19.3 Å². The summed E-state index contributed by atoms with van der Waals surface area (Å²) in [4.78, 5) is 11.7. The summed E-state index contributed by atoms with van der Waals surface area (Å²) in [5.41, 5.74) is 0. The molecular weight excluding hydrogens is 359 g/mol. The molecule has 0 heterocycles. The van der Waals surface area contributed by atoms with Gasteiger partial charge in [-0.1, -0.05) is 96.8 Å². The Morgan fingerprint density at radius 1 is 0.786 bits per heavy atom. The van der Waals surface area contributed by atoms with E-state index in [4.69, 9.17) is 19.9 Å². The van der Waals surface area contributed by atoms with Gasteiger partial charge in [-0.15, -0.1) is 0 Å². The van der Waals surface area contributed by atoms with Crippen molar-refractivity contribution >= 4 is 13.3 Å². The molecule has 6 nitrogen and oxygen atoms in total. The third-order valence-corrected chi connectivity index (χ3v) is 4.92. The zero-order valence-corrected chi connectivity index (χ0v) is 17.9. The van der Waals surface area contributed by atoms with Crippen molar-refractivity contribution in [1.29, 1.82) is 0 Å². The highest BCUT2D eigenvalue weighted by atomic mass is 16.6. The quantitative estimate of drug-likeness (QED) is 0.152. The molecule has 0 fully saturated rings. The van der Waals surface area contributed by atoms with Crippen molar-refractivity contribution in [2.75, 3.05) is 13.2 Å². The number of carbonyl (C=O) groups excluding carboxylic acids is 1. The van der Waals surface area contributed by atoms with Gasteiger partial charge in [0.2, 0.25) is 0 Å². The van der Waals surface area contributed by atoms with Gasteiger partial charge in [0.05, 0.1) is 13.2 Å². The molecule has 0 saturated carbocycles. The van der Waals surface area contributed by atoms with E-state index >= 15 is 0 Å². The van der Waals surface area contributed by atoms with Crippen molar-refractivity contribution in [1.82, 2.24) is 0 Å². The number of hydrogen-bond donors (Lipinski definition) is 3. The second-order valence-electron chi connectivity index (χ2n) is 7.65. The minimum atomic E-state index is -1.93. The summed E-state index contributed by atoms with van der Waals surface area (Å²) < 4.78 is 9.53. The first-order valence-corrected chi connectivity index (χ1v) is 11.4. The van der Waals surface area contributed by atoms with E-state index in [1.807, 2.05) is 0 Å². The molecule has 0 aliphatic carbocycles. The number of ether oxygens (including phenoxy) is 1. The Bertz CT molecular complexity index is 341. The first-order valence-electron chi connectivity index (χ1n) is 11.4. The maximum Gasteiger partial charge on any atom is 0.634 e. The Hall–Kier alpha value is -0.625. The molecular formula is C21H43BO6. The van der Waals surface area contributed by atoms with Crippen molar-refractivity contribution in [2.24, 2.45) is 0 Å². The fourth-order valence-corrected chi connectivity index (χ4v) is 3.20. The van der Waals surface area contributed by atoms with Crippen LogP contribution in [-0.2, 0) is 14.2 Å². The lowest BCUT2D eigenvalue weighted by molar-refractivity contribution is -0.153. The fraction of sp³-hybridized carbons (Fsp3) is 0.952. The Morgan fingerprint density at radius 3 is 1.61 bits per heavy atom. The first-order chi connectivity index (χ1) is 13.6. The molecule has 3 N–H and O–H groups in total. The highest BCUT2D eigenvalue weighted by molar-refractivity contribution is 6.32. The van der Waals surface area contributed by atoms with Gasteiger partial charge in [-0.05, 0) is 6.42 Å². The van der Waals surface area contributed by atoms with Gasteiger partial charge in [0.1, 0.15) is 6.10 Å². The van der Waals surface area contributed by atoms with E-state index in [1.54, 1.807) is 0 Å². The second-order valence-corrected chi connectivity index (χ2v) is 7.65. The van der Waals surface area contributed by atoms with Crippen molar-refractivity contribution in [3.05, 3.63) is 0 Å². The lowest BCUT2D eigenvalue weighted by Crippen LogP contribution is -2.31. The molecule has 0 bridgehead atoms. The second kappa shape index (κ2) is 21.1.